The summed E-state index contributed by atoms with van der Waals surface area (Å²) < 4.78 is 0.510. The Kier molecular flexibility index (Phi) is 7.01. The molecule has 0 amide bonds. The molecule has 0 atom stereocenters. The van der Waals surface area contributed by atoms with Crippen LogP contribution in [0.25, 0.3) is 0 Å². The highest BCUT2D eigenvalue weighted by atomic mass is 32.1. The summed E-state index contributed by atoms with van der Waals surface area (Å²) in [7, 11) is 0. The Morgan fingerprint density at radius 2 is 1.53 bits per heavy atom. The summed E-state index contributed by atoms with van der Waals surface area (Å²) in [5.41, 5.74) is 2.22. The lowest BCUT2D eigenvalue weighted by molar-refractivity contribution is 0.656. The van der Waals surface area contributed by atoms with Crippen molar-refractivity contribution in [3.05, 3.63) is 16.2 Å². The fraction of sp³-hybridized carbons (Fsp3) is 0.769. The van der Waals surface area contributed by atoms with Gasteiger partial charge in [-0.2, -0.15) is 5.10 Å². The molecular weight excluding hydrogens is 230 g/mol. The number of hydrogen-bond donors (Lipinski definition) is 1. The van der Waals surface area contributed by atoms with Crippen molar-refractivity contribution >= 4 is 12.2 Å². The summed E-state index contributed by atoms with van der Waals surface area (Å²) in [6.45, 7) is 4.43. The maximum atomic E-state index is 5.04. The van der Waals surface area contributed by atoms with Gasteiger partial charge in [-0.25, -0.2) is 4.98 Å². The average molecular weight is 253 g/mol. The van der Waals surface area contributed by atoms with Gasteiger partial charge < -0.3 is 0 Å². The maximum Gasteiger partial charge on any atom is 0.213 e. The zero-order chi connectivity index (χ0) is 12.5. The van der Waals surface area contributed by atoms with Crippen LogP contribution in [0.4, 0.5) is 0 Å². The molecule has 96 valence electrons. The topological polar surface area (TPSA) is 41.6 Å². The van der Waals surface area contributed by atoms with Gasteiger partial charge in [0.25, 0.3) is 0 Å². The number of H-pyrrole nitrogens is 1. The van der Waals surface area contributed by atoms with Gasteiger partial charge in [0.05, 0.1) is 11.4 Å². The summed E-state index contributed by atoms with van der Waals surface area (Å²) in [5, 5.41) is 7.15. The molecule has 1 heterocycles. The molecular formula is C13H23N3S. The summed E-state index contributed by atoms with van der Waals surface area (Å²) in [4.78, 5) is 4.42. The minimum atomic E-state index is 0.510. The first-order chi connectivity index (χ1) is 8.27. The molecule has 0 aliphatic carbocycles. The third kappa shape index (κ3) is 5.39. The Bertz CT molecular complexity index is 373. The van der Waals surface area contributed by atoms with Crippen LogP contribution in [-0.2, 0) is 12.8 Å². The Balaban J connectivity index is 2.62. The molecule has 17 heavy (non-hydrogen) atoms. The van der Waals surface area contributed by atoms with Crippen LogP contribution < -0.4 is 0 Å². The quantitative estimate of drug-likeness (QED) is 0.562. The molecule has 1 aromatic rings. The van der Waals surface area contributed by atoms with Crippen LogP contribution in [0.15, 0.2) is 0 Å². The first-order valence-corrected chi connectivity index (χ1v) is 7.13. The van der Waals surface area contributed by atoms with E-state index in [9.17, 15) is 0 Å². The second kappa shape index (κ2) is 8.34. The average Bonchev–Trinajstić information content (AvgIpc) is 2.32. The first-order valence-electron chi connectivity index (χ1n) is 6.72. The van der Waals surface area contributed by atoms with Crippen LogP contribution in [0.5, 0.6) is 0 Å². The highest BCUT2D eigenvalue weighted by Gasteiger charge is 2.05. The van der Waals surface area contributed by atoms with Crippen molar-refractivity contribution in [2.45, 2.75) is 65.2 Å². The van der Waals surface area contributed by atoms with Gasteiger partial charge in [-0.05, 0) is 37.9 Å². The Hall–Kier alpha value is -0.770. The summed E-state index contributed by atoms with van der Waals surface area (Å²) >= 11 is 5.04. The monoisotopic (exact) mass is 253 g/mol. The van der Waals surface area contributed by atoms with E-state index < -0.39 is 0 Å². The van der Waals surface area contributed by atoms with E-state index in [1.807, 2.05) is 0 Å². The van der Waals surface area contributed by atoms with Gasteiger partial charge in [-0.15, -0.1) is 0 Å². The van der Waals surface area contributed by atoms with E-state index >= 15 is 0 Å². The van der Waals surface area contributed by atoms with E-state index in [1.165, 1.54) is 38.5 Å². The zero-order valence-electron chi connectivity index (χ0n) is 11.0. The lowest BCUT2D eigenvalue weighted by atomic mass is 10.1. The molecule has 0 unspecified atom stereocenters. The van der Waals surface area contributed by atoms with Crippen LogP contribution in [0.3, 0.4) is 0 Å². The van der Waals surface area contributed by atoms with Crippen molar-refractivity contribution in [3.8, 4) is 0 Å². The third-order valence-electron chi connectivity index (χ3n) is 2.89. The zero-order valence-corrected chi connectivity index (χ0v) is 11.8. The van der Waals surface area contributed by atoms with Gasteiger partial charge in [0.1, 0.15) is 0 Å². The molecule has 0 aliphatic rings. The lowest BCUT2D eigenvalue weighted by Gasteiger charge is -2.06. The van der Waals surface area contributed by atoms with E-state index in [-0.39, 0.29) is 0 Å². The predicted molar refractivity (Wildman–Crippen MR) is 73.7 cm³/mol. The SMILES string of the molecule is CCCCCc1n[nH]c(=S)nc1CCCCC. The number of nitrogens with zero attached hydrogens (tertiary/aromatic N) is 2. The molecule has 0 bridgehead atoms. The highest BCUT2D eigenvalue weighted by Crippen LogP contribution is 2.11. The molecule has 0 aliphatic heterocycles. The minimum absolute atomic E-state index is 0.510. The Morgan fingerprint density at radius 3 is 2.12 bits per heavy atom. The van der Waals surface area contributed by atoms with Crippen molar-refractivity contribution in [3.63, 3.8) is 0 Å². The molecule has 0 spiro atoms. The second-order valence-electron chi connectivity index (χ2n) is 4.45. The van der Waals surface area contributed by atoms with Crippen molar-refractivity contribution < 1.29 is 0 Å². The van der Waals surface area contributed by atoms with Crippen LogP contribution >= 0.6 is 12.2 Å². The van der Waals surface area contributed by atoms with Gasteiger partial charge in [0, 0.05) is 0 Å². The number of rotatable bonds is 8. The van der Waals surface area contributed by atoms with Crippen LogP contribution in [-0.4, -0.2) is 15.2 Å². The van der Waals surface area contributed by atoms with Gasteiger partial charge in [-0.1, -0.05) is 39.5 Å². The molecule has 0 fully saturated rings. The molecule has 1 aromatic heterocycles. The predicted octanol–water partition coefficient (Wildman–Crippen LogP) is 4.00. The Labute approximate surface area is 109 Å². The molecule has 3 nitrogen and oxygen atoms in total. The molecule has 0 saturated carbocycles. The van der Waals surface area contributed by atoms with Crippen molar-refractivity contribution in [2.24, 2.45) is 0 Å². The minimum Gasteiger partial charge on any atom is -0.252 e. The fourth-order valence-corrected chi connectivity index (χ4v) is 2.03. The maximum absolute atomic E-state index is 5.04. The van der Waals surface area contributed by atoms with Crippen molar-refractivity contribution in [2.75, 3.05) is 0 Å². The van der Waals surface area contributed by atoms with Crippen molar-refractivity contribution in [1.29, 1.82) is 0 Å². The summed E-state index contributed by atoms with van der Waals surface area (Å²) in [5.74, 6) is 0. The van der Waals surface area contributed by atoms with E-state index in [4.69, 9.17) is 12.2 Å². The molecule has 1 N–H and O–H groups in total. The third-order valence-corrected chi connectivity index (χ3v) is 3.07. The molecule has 0 aromatic carbocycles. The smallest absolute Gasteiger partial charge is 0.213 e. The second-order valence-corrected chi connectivity index (χ2v) is 4.83. The van der Waals surface area contributed by atoms with E-state index in [1.54, 1.807) is 0 Å². The van der Waals surface area contributed by atoms with E-state index in [0.29, 0.717) is 4.77 Å². The molecule has 0 radical (unpaired) electrons. The normalized spacial score (nSPS) is 10.7. The summed E-state index contributed by atoms with van der Waals surface area (Å²) in [6, 6.07) is 0. The first kappa shape index (κ1) is 14.3. The number of aryl methyl sites for hydroxylation is 2. The standard InChI is InChI=1S/C13H23N3S/c1-3-5-7-9-11-12(10-8-6-4-2)15-16-13(17)14-11/h3-10H2,1-2H3,(H,14,16,17). The molecule has 4 heteroatoms. The van der Waals surface area contributed by atoms with Gasteiger partial charge in [0.15, 0.2) is 0 Å². The fourth-order valence-electron chi connectivity index (χ4n) is 1.88. The number of nitrogens with one attached hydrogen (secondary N) is 1. The van der Waals surface area contributed by atoms with Crippen LogP contribution in [0.1, 0.15) is 63.8 Å². The number of hydrogen-bond acceptors (Lipinski definition) is 3. The number of aromatic amines is 1. The highest BCUT2D eigenvalue weighted by molar-refractivity contribution is 7.71. The van der Waals surface area contributed by atoms with Crippen molar-refractivity contribution in [1.82, 2.24) is 15.2 Å². The van der Waals surface area contributed by atoms with Crippen LogP contribution in [0, 0.1) is 4.77 Å². The number of unbranched alkanes of at least 4 members (excludes halogenated alkanes) is 4. The van der Waals surface area contributed by atoms with E-state index in [0.717, 1.165) is 24.2 Å². The Morgan fingerprint density at radius 1 is 0.941 bits per heavy atom. The molecule has 1 rings (SSSR count). The number of aromatic nitrogens is 3. The van der Waals surface area contributed by atoms with E-state index in [2.05, 4.69) is 29.0 Å². The molecule has 0 saturated heterocycles. The largest absolute Gasteiger partial charge is 0.252 e. The summed E-state index contributed by atoms with van der Waals surface area (Å²) in [6.07, 6.45) is 9.39. The van der Waals surface area contributed by atoms with Gasteiger partial charge >= 0.3 is 0 Å². The lowest BCUT2D eigenvalue weighted by Crippen LogP contribution is -2.04. The van der Waals surface area contributed by atoms with Gasteiger partial charge in [0.2, 0.25) is 4.77 Å². The van der Waals surface area contributed by atoms with Gasteiger partial charge in [-0.3, -0.25) is 5.10 Å². The van der Waals surface area contributed by atoms with Crippen LogP contribution in [0.2, 0.25) is 0 Å².